The maximum Gasteiger partial charge on any atom is 0.311 e. The van der Waals surface area contributed by atoms with E-state index < -0.39 is 5.41 Å². The Hall–Kier alpha value is -0.610. The van der Waals surface area contributed by atoms with Gasteiger partial charge in [-0.15, -0.1) is 0 Å². The predicted molar refractivity (Wildman–Crippen MR) is 73.6 cm³/mol. The molecule has 4 heteroatoms. The number of esters is 1. The van der Waals surface area contributed by atoms with E-state index >= 15 is 0 Å². The van der Waals surface area contributed by atoms with E-state index in [0.29, 0.717) is 19.8 Å². The molecule has 0 aromatic carbocycles. The van der Waals surface area contributed by atoms with Crippen molar-refractivity contribution in [1.82, 2.24) is 5.32 Å². The van der Waals surface area contributed by atoms with Gasteiger partial charge in [-0.2, -0.15) is 0 Å². The van der Waals surface area contributed by atoms with Gasteiger partial charge in [0, 0.05) is 6.54 Å². The van der Waals surface area contributed by atoms with Gasteiger partial charge in [-0.05, 0) is 32.7 Å². The quantitative estimate of drug-likeness (QED) is 0.536. The monoisotopic (exact) mass is 259 g/mol. The zero-order chi connectivity index (χ0) is 14.2. The molecule has 1 N–H and O–H groups in total. The summed E-state index contributed by atoms with van der Waals surface area (Å²) in [5.41, 5.74) is -0.324. The highest BCUT2D eigenvalue weighted by atomic mass is 16.6. The summed E-state index contributed by atoms with van der Waals surface area (Å²) in [6, 6.07) is 0. The molecule has 0 aromatic heterocycles. The van der Waals surface area contributed by atoms with Crippen LogP contribution in [-0.2, 0) is 14.3 Å². The summed E-state index contributed by atoms with van der Waals surface area (Å²) < 4.78 is 10.5. The average Bonchev–Trinajstić information content (AvgIpc) is 2.19. The first-order valence-electron chi connectivity index (χ1n) is 6.58. The van der Waals surface area contributed by atoms with E-state index in [-0.39, 0.29) is 11.4 Å². The molecule has 0 heterocycles. The van der Waals surface area contributed by atoms with Crippen LogP contribution in [0.15, 0.2) is 0 Å². The zero-order valence-electron chi connectivity index (χ0n) is 12.8. The van der Waals surface area contributed by atoms with Crippen LogP contribution >= 0.6 is 0 Å². The minimum Gasteiger partial charge on any atom is -0.463 e. The number of ether oxygens (including phenoxy) is 2. The van der Waals surface area contributed by atoms with Crippen LogP contribution in [0.3, 0.4) is 0 Å². The Kier molecular flexibility index (Phi) is 7.48. The second kappa shape index (κ2) is 7.74. The number of hydrogen-bond donors (Lipinski definition) is 1. The van der Waals surface area contributed by atoms with Gasteiger partial charge in [0.2, 0.25) is 0 Å². The summed E-state index contributed by atoms with van der Waals surface area (Å²) in [6.45, 7) is 12.5. The lowest BCUT2D eigenvalue weighted by Gasteiger charge is -2.30. The van der Waals surface area contributed by atoms with Crippen LogP contribution in [0.4, 0.5) is 0 Å². The summed E-state index contributed by atoms with van der Waals surface area (Å²) in [5.74, 6) is -0.144. The molecule has 0 unspecified atom stereocenters. The highest BCUT2D eigenvalue weighted by molar-refractivity contribution is 5.75. The Morgan fingerprint density at radius 3 is 2.17 bits per heavy atom. The number of likely N-dealkylation sites (N-methyl/N-ethyl adjacent to an activating group) is 1. The first kappa shape index (κ1) is 17.4. The van der Waals surface area contributed by atoms with Crippen LogP contribution in [0.1, 0.15) is 41.0 Å². The van der Waals surface area contributed by atoms with E-state index in [2.05, 4.69) is 26.1 Å². The minimum atomic E-state index is -0.441. The molecule has 0 aliphatic rings. The highest BCUT2D eigenvalue weighted by Crippen LogP contribution is 2.33. The van der Waals surface area contributed by atoms with Gasteiger partial charge in [-0.25, -0.2) is 0 Å². The lowest BCUT2D eigenvalue weighted by atomic mass is 9.76. The minimum absolute atomic E-state index is 0.117. The van der Waals surface area contributed by atoms with E-state index in [0.717, 1.165) is 13.0 Å². The van der Waals surface area contributed by atoms with Gasteiger partial charge in [0.1, 0.15) is 6.61 Å². The molecular formula is C14H29NO3. The van der Waals surface area contributed by atoms with Crippen LogP contribution in [0.25, 0.3) is 0 Å². The van der Waals surface area contributed by atoms with Crippen molar-refractivity contribution in [3.8, 4) is 0 Å². The van der Waals surface area contributed by atoms with Crippen molar-refractivity contribution in [3.63, 3.8) is 0 Å². The van der Waals surface area contributed by atoms with Crippen LogP contribution in [-0.4, -0.2) is 39.4 Å². The Bertz CT molecular complexity index is 244. The van der Waals surface area contributed by atoms with Crippen molar-refractivity contribution >= 4 is 5.97 Å². The fraction of sp³-hybridized carbons (Fsp3) is 0.929. The molecule has 0 atom stereocenters. The third kappa shape index (κ3) is 8.48. The first-order valence-corrected chi connectivity index (χ1v) is 6.58. The van der Waals surface area contributed by atoms with E-state index in [1.165, 1.54) is 0 Å². The van der Waals surface area contributed by atoms with Gasteiger partial charge in [-0.3, -0.25) is 4.79 Å². The van der Waals surface area contributed by atoms with Crippen molar-refractivity contribution in [1.29, 1.82) is 0 Å². The molecule has 0 amide bonds. The first-order chi connectivity index (χ1) is 8.19. The van der Waals surface area contributed by atoms with E-state index in [1.807, 2.05) is 20.9 Å². The smallest absolute Gasteiger partial charge is 0.311 e. The molecule has 0 bridgehead atoms. The maximum atomic E-state index is 11.9. The molecular weight excluding hydrogens is 230 g/mol. The van der Waals surface area contributed by atoms with Crippen molar-refractivity contribution in [2.45, 2.75) is 41.0 Å². The molecule has 108 valence electrons. The van der Waals surface area contributed by atoms with Gasteiger partial charge >= 0.3 is 5.97 Å². The lowest BCUT2D eigenvalue weighted by Crippen LogP contribution is -2.32. The third-order valence-electron chi connectivity index (χ3n) is 2.48. The SMILES string of the molecule is CNCCOCCOC(=O)C(C)(C)CC(C)(C)C. The van der Waals surface area contributed by atoms with Crippen molar-refractivity contribution < 1.29 is 14.3 Å². The summed E-state index contributed by atoms with van der Waals surface area (Å²) in [5, 5.41) is 2.98. The van der Waals surface area contributed by atoms with Gasteiger partial charge in [0.25, 0.3) is 0 Å². The Morgan fingerprint density at radius 2 is 1.67 bits per heavy atom. The topological polar surface area (TPSA) is 47.6 Å². The lowest BCUT2D eigenvalue weighted by molar-refractivity contribution is -0.157. The molecule has 4 nitrogen and oxygen atoms in total. The molecule has 0 saturated heterocycles. The summed E-state index contributed by atoms with van der Waals surface area (Å²) in [6.07, 6.45) is 0.805. The number of carbonyl (C=O) groups excluding carboxylic acids is 1. The zero-order valence-corrected chi connectivity index (χ0v) is 12.8. The molecule has 0 spiro atoms. The molecule has 18 heavy (non-hydrogen) atoms. The standard InChI is InChI=1S/C14H29NO3/c1-13(2,3)11-14(4,5)12(16)18-10-9-17-8-7-15-6/h15H,7-11H2,1-6H3. The summed E-state index contributed by atoms with van der Waals surface area (Å²) >= 11 is 0. The summed E-state index contributed by atoms with van der Waals surface area (Å²) in [4.78, 5) is 11.9. The largest absolute Gasteiger partial charge is 0.463 e. The van der Waals surface area contributed by atoms with E-state index in [9.17, 15) is 4.79 Å². The molecule has 0 aliphatic heterocycles. The molecule has 0 aromatic rings. The second-order valence-electron chi connectivity index (χ2n) is 6.47. The van der Waals surface area contributed by atoms with E-state index in [1.54, 1.807) is 0 Å². The van der Waals surface area contributed by atoms with Crippen molar-refractivity contribution in [2.75, 3.05) is 33.4 Å². The molecule has 0 saturated carbocycles. The third-order valence-corrected chi connectivity index (χ3v) is 2.48. The predicted octanol–water partition coefficient (Wildman–Crippen LogP) is 2.23. The molecule has 0 aliphatic carbocycles. The van der Waals surface area contributed by atoms with Crippen molar-refractivity contribution in [3.05, 3.63) is 0 Å². The number of rotatable bonds is 8. The normalized spacial score (nSPS) is 12.6. The van der Waals surface area contributed by atoms with Gasteiger partial charge in [-0.1, -0.05) is 20.8 Å². The maximum absolute atomic E-state index is 11.9. The van der Waals surface area contributed by atoms with Crippen molar-refractivity contribution in [2.24, 2.45) is 10.8 Å². The fourth-order valence-corrected chi connectivity index (χ4v) is 2.06. The molecule has 0 radical (unpaired) electrons. The van der Waals surface area contributed by atoms with Crippen LogP contribution in [0.5, 0.6) is 0 Å². The van der Waals surface area contributed by atoms with Gasteiger partial charge in [0.15, 0.2) is 0 Å². The fourth-order valence-electron chi connectivity index (χ4n) is 2.06. The second-order valence-corrected chi connectivity index (χ2v) is 6.47. The molecule has 0 rings (SSSR count). The van der Waals surface area contributed by atoms with Gasteiger partial charge < -0.3 is 14.8 Å². The van der Waals surface area contributed by atoms with Gasteiger partial charge in [0.05, 0.1) is 18.6 Å². The average molecular weight is 259 g/mol. The van der Waals surface area contributed by atoms with Crippen LogP contribution in [0, 0.1) is 10.8 Å². The molecule has 0 fully saturated rings. The van der Waals surface area contributed by atoms with Crippen LogP contribution < -0.4 is 5.32 Å². The van der Waals surface area contributed by atoms with E-state index in [4.69, 9.17) is 9.47 Å². The Balaban J connectivity index is 3.87. The number of carbonyl (C=O) groups is 1. The number of nitrogens with one attached hydrogen (secondary N) is 1. The Labute approximate surface area is 111 Å². The summed E-state index contributed by atoms with van der Waals surface area (Å²) in [7, 11) is 1.87. The number of hydrogen-bond acceptors (Lipinski definition) is 4. The highest BCUT2D eigenvalue weighted by Gasteiger charge is 2.33. The van der Waals surface area contributed by atoms with Crippen LogP contribution in [0.2, 0.25) is 0 Å². The Morgan fingerprint density at radius 1 is 1.06 bits per heavy atom.